The van der Waals surface area contributed by atoms with E-state index in [9.17, 15) is 13.2 Å². The normalized spacial score (nSPS) is 12.0. The number of nitrogens with one attached hydrogen (secondary N) is 2. The van der Waals surface area contributed by atoms with E-state index in [1.54, 1.807) is 24.3 Å². The largest absolute Gasteiger partial charge is 0.491 e. The van der Waals surface area contributed by atoms with Crippen LogP contribution in [-0.4, -0.2) is 37.5 Å². The second-order valence-corrected chi connectivity index (χ2v) is 8.58. The second kappa shape index (κ2) is 10.1. The van der Waals surface area contributed by atoms with Gasteiger partial charge in [0.1, 0.15) is 17.9 Å². The third kappa shape index (κ3) is 5.94. The molecule has 3 aromatic rings. The molecule has 2 aromatic carbocycles. The van der Waals surface area contributed by atoms with E-state index in [0.29, 0.717) is 17.0 Å². The summed E-state index contributed by atoms with van der Waals surface area (Å²) in [5.74, 6) is 0.588. The van der Waals surface area contributed by atoms with E-state index in [1.165, 1.54) is 43.8 Å². The molecule has 0 aliphatic rings. The van der Waals surface area contributed by atoms with Crippen molar-refractivity contribution in [1.29, 1.82) is 0 Å². The molecule has 10 heteroatoms. The number of benzene rings is 2. The molecule has 3 rings (SSSR count). The number of sulfonamides is 1. The van der Waals surface area contributed by atoms with Crippen molar-refractivity contribution in [2.45, 2.75) is 31.3 Å². The number of hydrogen-bond acceptors (Lipinski definition) is 7. The Morgan fingerprint density at radius 2 is 1.84 bits per heavy atom. The maximum absolute atomic E-state index is 12.6. The number of amides is 1. The van der Waals surface area contributed by atoms with Crippen molar-refractivity contribution >= 4 is 27.4 Å². The standard InChI is InChI=1S/C22H24N4O5S/c1-4-15(2)31-18-7-5-6-16(12-18)22(27)25-17-8-10-19(11-9-17)32(28,29)26-20-13-21(30-3)24-14-23-20/h5-15H,4H2,1-3H3,(H,25,27)(H,23,24,26). The average molecular weight is 457 g/mol. The monoisotopic (exact) mass is 456 g/mol. The molecular formula is C22H24N4O5S. The average Bonchev–Trinajstić information content (AvgIpc) is 2.79. The SMILES string of the molecule is CCC(C)Oc1cccc(C(=O)Nc2ccc(S(=O)(=O)Nc3cc(OC)ncn3)cc2)c1. The first-order valence-electron chi connectivity index (χ1n) is 9.87. The number of methoxy groups -OCH3 is 1. The molecule has 1 unspecified atom stereocenters. The van der Waals surface area contributed by atoms with Gasteiger partial charge in [-0.3, -0.25) is 9.52 Å². The number of carbonyl (C=O) groups excluding carboxylic acids is 1. The van der Waals surface area contributed by atoms with E-state index >= 15 is 0 Å². The van der Waals surface area contributed by atoms with Gasteiger partial charge in [-0.05, 0) is 55.8 Å². The van der Waals surface area contributed by atoms with Gasteiger partial charge < -0.3 is 14.8 Å². The molecule has 0 saturated heterocycles. The number of ether oxygens (including phenoxy) is 2. The van der Waals surface area contributed by atoms with Gasteiger partial charge in [-0.2, -0.15) is 0 Å². The minimum absolute atomic E-state index is 0.0111. The van der Waals surface area contributed by atoms with Crippen LogP contribution in [0.4, 0.5) is 11.5 Å². The lowest BCUT2D eigenvalue weighted by atomic mass is 10.2. The first kappa shape index (κ1) is 23.0. The van der Waals surface area contributed by atoms with Crippen molar-refractivity contribution in [2.75, 3.05) is 17.1 Å². The first-order valence-corrected chi connectivity index (χ1v) is 11.4. The Hall–Kier alpha value is -3.66. The summed E-state index contributed by atoms with van der Waals surface area (Å²) in [5.41, 5.74) is 0.882. The third-order valence-electron chi connectivity index (χ3n) is 4.52. The summed E-state index contributed by atoms with van der Waals surface area (Å²) >= 11 is 0. The van der Waals surface area contributed by atoms with E-state index in [2.05, 4.69) is 20.0 Å². The third-order valence-corrected chi connectivity index (χ3v) is 5.89. The van der Waals surface area contributed by atoms with Crippen LogP contribution in [0.2, 0.25) is 0 Å². The molecule has 2 N–H and O–H groups in total. The second-order valence-electron chi connectivity index (χ2n) is 6.89. The van der Waals surface area contributed by atoms with E-state index in [-0.39, 0.29) is 28.6 Å². The van der Waals surface area contributed by atoms with Crippen LogP contribution in [0.5, 0.6) is 11.6 Å². The van der Waals surface area contributed by atoms with Crippen molar-refractivity contribution in [2.24, 2.45) is 0 Å². The topological polar surface area (TPSA) is 120 Å². The van der Waals surface area contributed by atoms with Crippen LogP contribution in [0.15, 0.2) is 65.8 Å². The number of hydrogen-bond donors (Lipinski definition) is 2. The highest BCUT2D eigenvalue weighted by atomic mass is 32.2. The van der Waals surface area contributed by atoms with Crippen LogP contribution < -0.4 is 19.5 Å². The maximum atomic E-state index is 12.6. The summed E-state index contributed by atoms with van der Waals surface area (Å²) in [5, 5.41) is 2.75. The van der Waals surface area contributed by atoms with E-state index < -0.39 is 10.0 Å². The van der Waals surface area contributed by atoms with Crippen molar-refractivity contribution < 1.29 is 22.7 Å². The fraction of sp³-hybridized carbons (Fsp3) is 0.227. The number of carbonyl (C=O) groups is 1. The number of aromatic nitrogens is 2. The molecule has 0 radical (unpaired) electrons. The Kier molecular flexibility index (Phi) is 7.26. The highest BCUT2D eigenvalue weighted by Crippen LogP contribution is 2.20. The molecule has 1 heterocycles. The van der Waals surface area contributed by atoms with Gasteiger partial charge in [-0.15, -0.1) is 0 Å². The van der Waals surface area contributed by atoms with E-state index in [4.69, 9.17) is 9.47 Å². The van der Waals surface area contributed by atoms with E-state index in [1.807, 2.05) is 13.8 Å². The van der Waals surface area contributed by atoms with E-state index in [0.717, 1.165) is 6.42 Å². The predicted molar refractivity (Wildman–Crippen MR) is 121 cm³/mol. The van der Waals surface area contributed by atoms with Gasteiger partial charge in [0, 0.05) is 17.3 Å². The summed E-state index contributed by atoms with van der Waals surface area (Å²) in [6, 6.07) is 14.0. The summed E-state index contributed by atoms with van der Waals surface area (Å²) in [4.78, 5) is 20.3. The molecule has 1 amide bonds. The van der Waals surface area contributed by atoms with Crippen molar-refractivity contribution in [3.8, 4) is 11.6 Å². The molecule has 0 aliphatic carbocycles. The van der Waals surface area contributed by atoms with Gasteiger partial charge in [0.25, 0.3) is 15.9 Å². The summed E-state index contributed by atoms with van der Waals surface area (Å²) in [6.07, 6.45) is 2.09. The van der Waals surface area contributed by atoms with Gasteiger partial charge in [0.05, 0.1) is 18.1 Å². The number of rotatable bonds is 9. The molecule has 168 valence electrons. The van der Waals surface area contributed by atoms with Gasteiger partial charge in [-0.1, -0.05) is 13.0 Å². The van der Waals surface area contributed by atoms with Crippen LogP contribution in [0.25, 0.3) is 0 Å². The molecule has 1 atom stereocenters. The minimum Gasteiger partial charge on any atom is -0.491 e. The quantitative estimate of drug-likeness (QED) is 0.504. The lowest BCUT2D eigenvalue weighted by Gasteiger charge is -2.13. The van der Waals surface area contributed by atoms with Gasteiger partial charge in [0.15, 0.2) is 0 Å². The molecule has 0 bridgehead atoms. The van der Waals surface area contributed by atoms with Crippen LogP contribution in [-0.2, 0) is 10.0 Å². The first-order chi connectivity index (χ1) is 15.3. The van der Waals surface area contributed by atoms with Crippen molar-refractivity contribution in [3.05, 3.63) is 66.5 Å². The fourth-order valence-corrected chi connectivity index (χ4v) is 3.65. The molecule has 32 heavy (non-hydrogen) atoms. The highest BCUT2D eigenvalue weighted by molar-refractivity contribution is 7.92. The Morgan fingerprint density at radius 1 is 1.09 bits per heavy atom. The van der Waals surface area contributed by atoms with Crippen LogP contribution in [0.1, 0.15) is 30.6 Å². The summed E-state index contributed by atoms with van der Waals surface area (Å²) in [7, 11) is -2.46. The molecular weight excluding hydrogens is 432 g/mol. The fourth-order valence-electron chi connectivity index (χ4n) is 2.65. The number of nitrogens with zero attached hydrogens (tertiary/aromatic N) is 2. The Balaban J connectivity index is 1.69. The summed E-state index contributed by atoms with van der Waals surface area (Å²) < 4.78 is 38.3. The molecule has 0 spiro atoms. The van der Waals surface area contributed by atoms with Crippen LogP contribution in [0, 0.1) is 0 Å². The molecule has 0 aliphatic heterocycles. The Bertz CT molecular complexity index is 1180. The lowest BCUT2D eigenvalue weighted by molar-refractivity contribution is 0.102. The zero-order valence-electron chi connectivity index (χ0n) is 17.9. The zero-order chi connectivity index (χ0) is 23.1. The lowest BCUT2D eigenvalue weighted by Crippen LogP contribution is -2.15. The van der Waals surface area contributed by atoms with Gasteiger partial charge >= 0.3 is 0 Å². The Labute approximate surface area is 186 Å². The predicted octanol–water partition coefficient (Wildman–Crippen LogP) is 3.72. The van der Waals surface area contributed by atoms with Crippen molar-refractivity contribution in [1.82, 2.24) is 9.97 Å². The molecule has 0 fully saturated rings. The van der Waals surface area contributed by atoms with Crippen LogP contribution in [0.3, 0.4) is 0 Å². The van der Waals surface area contributed by atoms with Gasteiger partial charge in [0.2, 0.25) is 5.88 Å². The van der Waals surface area contributed by atoms with Crippen molar-refractivity contribution in [3.63, 3.8) is 0 Å². The molecule has 1 aromatic heterocycles. The van der Waals surface area contributed by atoms with Gasteiger partial charge in [-0.25, -0.2) is 18.4 Å². The Morgan fingerprint density at radius 3 is 2.53 bits per heavy atom. The minimum atomic E-state index is -3.88. The van der Waals surface area contributed by atoms with Crippen LogP contribution >= 0.6 is 0 Å². The maximum Gasteiger partial charge on any atom is 0.263 e. The summed E-state index contributed by atoms with van der Waals surface area (Å²) in [6.45, 7) is 3.98. The molecule has 0 saturated carbocycles. The smallest absolute Gasteiger partial charge is 0.263 e. The number of anilines is 2. The molecule has 9 nitrogen and oxygen atoms in total. The highest BCUT2D eigenvalue weighted by Gasteiger charge is 2.16. The zero-order valence-corrected chi connectivity index (χ0v) is 18.7.